The van der Waals surface area contributed by atoms with Crippen molar-refractivity contribution in [1.82, 2.24) is 0 Å². The molecule has 0 heterocycles. The molecular weight excluding hydrogens is 400 g/mol. The Morgan fingerprint density at radius 3 is 2.62 bits per heavy atom. The first kappa shape index (κ1) is 19.9. The zero-order valence-electron chi connectivity index (χ0n) is 14.9. The van der Waals surface area contributed by atoms with Gasteiger partial charge in [-0.3, -0.25) is 14.9 Å². The fourth-order valence-electron chi connectivity index (χ4n) is 2.26. The molecule has 0 saturated heterocycles. The monoisotopic (exact) mass is 420 g/mol. The summed E-state index contributed by atoms with van der Waals surface area (Å²) in [5.41, 5.74) is 1.16. The van der Waals surface area contributed by atoms with Crippen molar-refractivity contribution in [2.45, 2.75) is 27.2 Å². The molecule has 0 atom stereocenters. The van der Waals surface area contributed by atoms with Crippen LogP contribution < -0.4 is 10.1 Å². The van der Waals surface area contributed by atoms with Gasteiger partial charge in [-0.15, -0.1) is 0 Å². The molecule has 0 spiro atoms. The smallest absolute Gasteiger partial charge is 0.293 e. The number of halogens is 1. The zero-order chi connectivity index (χ0) is 19.3. The predicted octanol–water partition coefficient (Wildman–Crippen LogP) is 5.34. The summed E-state index contributed by atoms with van der Waals surface area (Å²) in [6.07, 6.45) is 0.936. The maximum Gasteiger partial charge on any atom is 0.293 e. The summed E-state index contributed by atoms with van der Waals surface area (Å²) in [5, 5.41) is 13.8. The molecule has 0 fully saturated rings. The number of carbonyl (C=O) groups excluding carboxylic acids is 1. The third kappa shape index (κ3) is 5.29. The number of rotatable bonds is 7. The van der Waals surface area contributed by atoms with Crippen LogP contribution in [0.2, 0.25) is 0 Å². The number of nitro groups is 1. The first-order valence-corrected chi connectivity index (χ1v) is 9.06. The molecule has 0 saturated carbocycles. The van der Waals surface area contributed by atoms with Gasteiger partial charge < -0.3 is 10.1 Å². The van der Waals surface area contributed by atoms with E-state index >= 15 is 0 Å². The number of ether oxygens (including phenoxy) is 1. The molecule has 0 aliphatic carbocycles. The molecule has 26 heavy (non-hydrogen) atoms. The van der Waals surface area contributed by atoms with Crippen molar-refractivity contribution in [3.05, 3.63) is 62.1 Å². The molecule has 2 rings (SSSR count). The van der Waals surface area contributed by atoms with Crippen molar-refractivity contribution in [1.29, 1.82) is 0 Å². The van der Waals surface area contributed by atoms with Gasteiger partial charge in [-0.2, -0.15) is 0 Å². The Labute approximate surface area is 160 Å². The number of nitro benzene ring substituents is 1. The van der Waals surface area contributed by atoms with E-state index in [2.05, 4.69) is 35.1 Å². The lowest BCUT2D eigenvalue weighted by atomic mass is 10.1. The molecule has 0 aliphatic rings. The third-order valence-electron chi connectivity index (χ3n) is 3.74. The highest BCUT2D eigenvalue weighted by atomic mass is 79.9. The summed E-state index contributed by atoms with van der Waals surface area (Å²) in [4.78, 5) is 23.1. The van der Waals surface area contributed by atoms with E-state index in [1.54, 1.807) is 31.2 Å². The van der Waals surface area contributed by atoms with Crippen LogP contribution in [-0.4, -0.2) is 17.4 Å². The molecule has 0 unspecified atom stereocenters. The minimum absolute atomic E-state index is 0.133. The van der Waals surface area contributed by atoms with Crippen molar-refractivity contribution in [3.63, 3.8) is 0 Å². The maximum absolute atomic E-state index is 12.4. The number of benzene rings is 2. The Morgan fingerprint density at radius 2 is 2.00 bits per heavy atom. The lowest BCUT2D eigenvalue weighted by molar-refractivity contribution is -0.384. The molecule has 2 aromatic carbocycles. The van der Waals surface area contributed by atoms with Gasteiger partial charge in [0.1, 0.15) is 11.4 Å². The fourth-order valence-corrected chi connectivity index (χ4v) is 2.75. The highest BCUT2D eigenvalue weighted by Gasteiger charge is 2.17. The van der Waals surface area contributed by atoms with Crippen LogP contribution in [0.5, 0.6) is 5.75 Å². The normalized spacial score (nSPS) is 10.7. The molecule has 2 aromatic rings. The van der Waals surface area contributed by atoms with Crippen LogP contribution in [0.4, 0.5) is 11.4 Å². The number of amides is 1. The molecule has 7 heteroatoms. The Hall–Kier alpha value is -2.41. The summed E-state index contributed by atoms with van der Waals surface area (Å²) in [7, 11) is 0. The molecule has 0 radical (unpaired) electrons. The number of hydrogen-bond donors (Lipinski definition) is 1. The number of nitrogens with one attached hydrogen (secondary N) is 1. The van der Waals surface area contributed by atoms with E-state index in [1.165, 1.54) is 12.1 Å². The largest absolute Gasteiger partial charge is 0.492 e. The average molecular weight is 421 g/mol. The SMILES string of the molecule is Cc1ccc(NC(=O)c2ccc(OCCC(C)C)c(Br)c2)c([N+](=O)[O-])c1. The predicted molar refractivity (Wildman–Crippen MR) is 105 cm³/mol. The van der Waals surface area contributed by atoms with Crippen molar-refractivity contribution in [2.24, 2.45) is 5.92 Å². The molecule has 1 N–H and O–H groups in total. The van der Waals surface area contributed by atoms with E-state index in [0.29, 0.717) is 28.3 Å². The van der Waals surface area contributed by atoms with Crippen LogP contribution in [0.3, 0.4) is 0 Å². The van der Waals surface area contributed by atoms with Gasteiger partial charge in [0.2, 0.25) is 0 Å². The van der Waals surface area contributed by atoms with Gasteiger partial charge in [-0.25, -0.2) is 0 Å². The number of anilines is 1. The molecule has 138 valence electrons. The van der Waals surface area contributed by atoms with Gasteiger partial charge in [-0.05, 0) is 65.0 Å². The molecule has 0 aromatic heterocycles. The molecule has 1 amide bonds. The summed E-state index contributed by atoms with van der Waals surface area (Å²) < 4.78 is 6.36. The lowest BCUT2D eigenvalue weighted by Crippen LogP contribution is -2.13. The highest BCUT2D eigenvalue weighted by Crippen LogP contribution is 2.29. The van der Waals surface area contributed by atoms with Crippen LogP contribution in [0, 0.1) is 23.0 Å². The van der Waals surface area contributed by atoms with Crippen LogP contribution in [0.1, 0.15) is 36.2 Å². The minimum Gasteiger partial charge on any atom is -0.492 e. The maximum atomic E-state index is 12.4. The Balaban J connectivity index is 2.13. The first-order chi connectivity index (χ1) is 12.3. The summed E-state index contributed by atoms with van der Waals surface area (Å²) in [5.74, 6) is 0.777. The second kappa shape index (κ2) is 8.80. The number of nitrogens with zero attached hydrogens (tertiary/aromatic N) is 1. The number of aryl methyl sites for hydroxylation is 1. The summed E-state index contributed by atoms with van der Waals surface area (Å²) in [6, 6.07) is 9.65. The van der Waals surface area contributed by atoms with E-state index in [1.807, 2.05) is 0 Å². The van der Waals surface area contributed by atoms with Gasteiger partial charge in [0.05, 0.1) is 16.0 Å². The zero-order valence-corrected chi connectivity index (χ0v) is 16.5. The van der Waals surface area contributed by atoms with Crippen LogP contribution in [-0.2, 0) is 0 Å². The molecule has 6 nitrogen and oxygen atoms in total. The lowest BCUT2D eigenvalue weighted by Gasteiger charge is -2.11. The van der Waals surface area contributed by atoms with Crippen molar-refractivity contribution >= 4 is 33.2 Å². The Morgan fingerprint density at radius 1 is 1.27 bits per heavy atom. The van der Waals surface area contributed by atoms with Crippen LogP contribution in [0.25, 0.3) is 0 Å². The van der Waals surface area contributed by atoms with Gasteiger partial charge in [0.15, 0.2) is 0 Å². The van der Waals surface area contributed by atoms with Crippen molar-refractivity contribution in [3.8, 4) is 5.75 Å². The summed E-state index contributed by atoms with van der Waals surface area (Å²) in [6.45, 7) is 6.59. The topological polar surface area (TPSA) is 81.5 Å². The van der Waals surface area contributed by atoms with E-state index < -0.39 is 10.8 Å². The van der Waals surface area contributed by atoms with E-state index in [4.69, 9.17) is 4.74 Å². The van der Waals surface area contributed by atoms with Gasteiger partial charge in [0.25, 0.3) is 11.6 Å². The van der Waals surface area contributed by atoms with Crippen LogP contribution in [0.15, 0.2) is 40.9 Å². The van der Waals surface area contributed by atoms with Crippen molar-refractivity contribution in [2.75, 3.05) is 11.9 Å². The van der Waals surface area contributed by atoms with Gasteiger partial charge in [0, 0.05) is 11.6 Å². The van der Waals surface area contributed by atoms with E-state index in [-0.39, 0.29) is 11.4 Å². The summed E-state index contributed by atoms with van der Waals surface area (Å²) >= 11 is 3.40. The van der Waals surface area contributed by atoms with E-state index in [0.717, 1.165) is 12.0 Å². The first-order valence-electron chi connectivity index (χ1n) is 8.26. The fraction of sp³-hybridized carbons (Fsp3) is 0.316. The number of hydrogen-bond acceptors (Lipinski definition) is 4. The molecular formula is C19H21BrN2O4. The standard InChI is InChI=1S/C19H21BrN2O4/c1-12(2)8-9-26-18-7-5-14(11-15(18)20)19(23)21-16-6-4-13(3)10-17(16)22(24)25/h4-7,10-12H,8-9H2,1-3H3,(H,21,23). The Bertz CT molecular complexity index is 821. The average Bonchev–Trinajstić information content (AvgIpc) is 2.57. The highest BCUT2D eigenvalue weighted by molar-refractivity contribution is 9.10. The number of carbonyl (C=O) groups is 1. The second-order valence-corrected chi connectivity index (χ2v) is 7.26. The van der Waals surface area contributed by atoms with Crippen LogP contribution >= 0.6 is 15.9 Å². The van der Waals surface area contributed by atoms with E-state index in [9.17, 15) is 14.9 Å². The molecule has 0 bridgehead atoms. The quantitative estimate of drug-likeness (QED) is 0.483. The van der Waals surface area contributed by atoms with Crippen molar-refractivity contribution < 1.29 is 14.5 Å². The molecule has 0 aliphatic heterocycles. The minimum atomic E-state index is -0.510. The Kier molecular flexibility index (Phi) is 6.74. The second-order valence-electron chi connectivity index (χ2n) is 6.41. The van der Waals surface area contributed by atoms with Gasteiger partial charge in [-0.1, -0.05) is 19.9 Å². The van der Waals surface area contributed by atoms with Gasteiger partial charge >= 0.3 is 0 Å². The third-order valence-corrected chi connectivity index (χ3v) is 4.36.